The zero-order chi connectivity index (χ0) is 19.2. The number of ether oxygens (including phenoxy) is 1. The average molecular weight is 367 g/mol. The topological polar surface area (TPSA) is 91.0 Å². The van der Waals surface area contributed by atoms with Crippen LogP contribution >= 0.6 is 0 Å². The van der Waals surface area contributed by atoms with E-state index in [4.69, 9.17) is 4.74 Å². The van der Waals surface area contributed by atoms with Crippen LogP contribution in [0.2, 0.25) is 0 Å². The Balaban J connectivity index is 1.61. The number of methoxy groups -OCH3 is 1. The van der Waals surface area contributed by atoms with Crippen molar-refractivity contribution in [3.05, 3.63) is 64.7 Å². The first-order valence-electron chi connectivity index (χ1n) is 8.57. The van der Waals surface area contributed by atoms with Crippen molar-refractivity contribution in [2.24, 2.45) is 7.05 Å². The number of aromatic nitrogens is 4. The fourth-order valence-electron chi connectivity index (χ4n) is 2.68. The van der Waals surface area contributed by atoms with E-state index in [-0.39, 0.29) is 11.5 Å². The number of benzene rings is 1. The molecule has 140 valence electrons. The summed E-state index contributed by atoms with van der Waals surface area (Å²) in [4.78, 5) is 24.0. The normalized spacial score (nSPS) is 10.6. The van der Waals surface area contributed by atoms with Crippen molar-refractivity contribution in [1.82, 2.24) is 24.9 Å². The summed E-state index contributed by atoms with van der Waals surface area (Å²) in [5, 5.41) is 11.2. The van der Waals surface area contributed by atoms with E-state index in [2.05, 4.69) is 15.5 Å². The summed E-state index contributed by atoms with van der Waals surface area (Å²) in [7, 11) is 3.33. The third-order valence-electron chi connectivity index (χ3n) is 4.10. The van der Waals surface area contributed by atoms with Gasteiger partial charge < -0.3 is 10.1 Å². The fraction of sp³-hybridized carbons (Fsp3) is 0.263. The zero-order valence-corrected chi connectivity index (χ0v) is 15.3. The summed E-state index contributed by atoms with van der Waals surface area (Å²) in [6.07, 6.45) is 2.17. The monoisotopic (exact) mass is 367 g/mol. The lowest BCUT2D eigenvalue weighted by atomic mass is 10.1. The molecule has 0 fully saturated rings. The van der Waals surface area contributed by atoms with Gasteiger partial charge in [0.1, 0.15) is 11.4 Å². The van der Waals surface area contributed by atoms with Gasteiger partial charge in [-0.1, -0.05) is 12.1 Å². The first kappa shape index (κ1) is 18.4. The Kier molecular flexibility index (Phi) is 5.65. The maximum atomic E-state index is 12.4. The number of rotatable bonds is 7. The molecule has 27 heavy (non-hydrogen) atoms. The van der Waals surface area contributed by atoms with Gasteiger partial charge in [-0.2, -0.15) is 10.2 Å². The Morgan fingerprint density at radius 2 is 2.07 bits per heavy atom. The number of nitrogens with one attached hydrogen (secondary N) is 1. The van der Waals surface area contributed by atoms with Crippen LogP contribution in [0.15, 0.2) is 53.5 Å². The summed E-state index contributed by atoms with van der Waals surface area (Å²) >= 11 is 0. The van der Waals surface area contributed by atoms with E-state index >= 15 is 0 Å². The summed E-state index contributed by atoms with van der Waals surface area (Å²) < 4.78 is 8.15. The van der Waals surface area contributed by atoms with Gasteiger partial charge in [-0.3, -0.25) is 14.3 Å². The van der Waals surface area contributed by atoms with Gasteiger partial charge in [0.2, 0.25) is 0 Å². The highest BCUT2D eigenvalue weighted by molar-refractivity contribution is 5.93. The minimum absolute atomic E-state index is 0.154. The number of aryl methyl sites for hydroxylation is 2. The molecule has 0 unspecified atom stereocenters. The van der Waals surface area contributed by atoms with Gasteiger partial charge in [0.25, 0.3) is 11.5 Å². The second-order valence-corrected chi connectivity index (χ2v) is 5.96. The van der Waals surface area contributed by atoms with Crippen LogP contribution in [0.4, 0.5) is 0 Å². The quantitative estimate of drug-likeness (QED) is 0.639. The molecule has 1 aromatic carbocycles. The third kappa shape index (κ3) is 4.41. The Morgan fingerprint density at radius 1 is 1.22 bits per heavy atom. The molecule has 3 aromatic rings. The summed E-state index contributed by atoms with van der Waals surface area (Å²) in [5.74, 6) is 0.515. The van der Waals surface area contributed by atoms with Crippen LogP contribution in [0.3, 0.4) is 0 Å². The maximum Gasteiger partial charge on any atom is 0.269 e. The molecule has 0 radical (unpaired) electrons. The highest BCUT2D eigenvalue weighted by Crippen LogP contribution is 2.23. The van der Waals surface area contributed by atoms with Crippen molar-refractivity contribution in [2.75, 3.05) is 13.7 Å². The van der Waals surface area contributed by atoms with Crippen molar-refractivity contribution in [3.8, 4) is 17.0 Å². The molecule has 3 rings (SSSR count). The minimum atomic E-state index is -0.215. The van der Waals surface area contributed by atoms with Crippen molar-refractivity contribution in [2.45, 2.75) is 13.0 Å². The molecule has 0 aliphatic rings. The number of carbonyl (C=O) groups excluding carboxylic acids is 1. The molecule has 8 heteroatoms. The van der Waals surface area contributed by atoms with Gasteiger partial charge in [0.15, 0.2) is 0 Å². The molecule has 0 aliphatic carbocycles. The van der Waals surface area contributed by atoms with Crippen LogP contribution in [-0.2, 0) is 13.6 Å². The second-order valence-electron chi connectivity index (χ2n) is 5.96. The van der Waals surface area contributed by atoms with Crippen LogP contribution in [-0.4, -0.2) is 39.1 Å². The first-order valence-corrected chi connectivity index (χ1v) is 8.57. The van der Waals surface area contributed by atoms with Gasteiger partial charge in [-0.25, -0.2) is 4.68 Å². The Hall–Kier alpha value is -3.42. The molecule has 0 atom stereocenters. The largest absolute Gasteiger partial charge is 0.497 e. The smallest absolute Gasteiger partial charge is 0.269 e. The van der Waals surface area contributed by atoms with Crippen molar-refractivity contribution in [1.29, 1.82) is 0 Å². The molecule has 0 bridgehead atoms. The maximum absolute atomic E-state index is 12.4. The SMILES string of the molecule is COc1cccc(-c2cc(C(=O)NCCCn3ncccc3=O)n(C)n2)c1. The van der Waals surface area contributed by atoms with Crippen molar-refractivity contribution >= 4 is 5.91 Å². The molecule has 0 saturated heterocycles. The van der Waals surface area contributed by atoms with E-state index in [1.807, 2.05) is 24.3 Å². The van der Waals surface area contributed by atoms with E-state index < -0.39 is 0 Å². The average Bonchev–Trinajstić information content (AvgIpc) is 3.08. The van der Waals surface area contributed by atoms with Crippen LogP contribution in [0.1, 0.15) is 16.9 Å². The molecular weight excluding hydrogens is 346 g/mol. The van der Waals surface area contributed by atoms with E-state index in [0.29, 0.717) is 30.9 Å². The van der Waals surface area contributed by atoms with Crippen molar-refractivity contribution < 1.29 is 9.53 Å². The van der Waals surface area contributed by atoms with Crippen LogP contribution in [0.5, 0.6) is 5.75 Å². The van der Waals surface area contributed by atoms with E-state index in [9.17, 15) is 9.59 Å². The molecule has 0 aliphatic heterocycles. The number of nitrogens with zero attached hydrogens (tertiary/aromatic N) is 4. The van der Waals surface area contributed by atoms with Gasteiger partial charge in [0.05, 0.1) is 12.8 Å². The summed E-state index contributed by atoms with van der Waals surface area (Å²) in [5.41, 5.74) is 1.88. The van der Waals surface area contributed by atoms with Crippen LogP contribution < -0.4 is 15.6 Å². The molecule has 1 N–H and O–H groups in total. The molecule has 8 nitrogen and oxygen atoms in total. The molecule has 0 spiro atoms. The highest BCUT2D eigenvalue weighted by atomic mass is 16.5. The Bertz CT molecular complexity index is 993. The summed E-state index contributed by atoms with van der Waals surface area (Å²) in [6.45, 7) is 0.877. The number of carbonyl (C=O) groups is 1. The van der Waals surface area contributed by atoms with Crippen LogP contribution in [0.25, 0.3) is 11.3 Å². The standard InChI is InChI=1S/C19H21N5O3/c1-23-17(13-16(22-23)14-6-3-7-15(12-14)27-2)19(26)20-9-5-11-24-18(25)8-4-10-21-24/h3-4,6-8,10,12-13H,5,9,11H2,1-2H3,(H,20,26). The van der Waals surface area contributed by atoms with E-state index in [0.717, 1.165) is 11.3 Å². The lowest BCUT2D eigenvalue weighted by molar-refractivity contribution is 0.0943. The molecule has 2 aromatic heterocycles. The van der Waals surface area contributed by atoms with E-state index in [1.165, 1.54) is 10.7 Å². The minimum Gasteiger partial charge on any atom is -0.497 e. The zero-order valence-electron chi connectivity index (χ0n) is 15.3. The number of amides is 1. The van der Waals surface area contributed by atoms with Gasteiger partial charge in [-0.15, -0.1) is 0 Å². The molecule has 1 amide bonds. The van der Waals surface area contributed by atoms with Gasteiger partial charge >= 0.3 is 0 Å². The van der Waals surface area contributed by atoms with Gasteiger partial charge in [0, 0.05) is 38.0 Å². The fourth-order valence-corrected chi connectivity index (χ4v) is 2.68. The second kappa shape index (κ2) is 8.31. The third-order valence-corrected chi connectivity index (χ3v) is 4.10. The molecule has 2 heterocycles. The molecular formula is C19H21N5O3. The lowest BCUT2D eigenvalue weighted by Gasteiger charge is -2.06. The van der Waals surface area contributed by atoms with Crippen LogP contribution in [0, 0.1) is 0 Å². The number of hydrogen-bond acceptors (Lipinski definition) is 5. The lowest BCUT2D eigenvalue weighted by Crippen LogP contribution is -2.29. The summed E-state index contributed by atoms with van der Waals surface area (Å²) in [6, 6.07) is 12.3. The predicted molar refractivity (Wildman–Crippen MR) is 101 cm³/mol. The number of hydrogen-bond donors (Lipinski definition) is 1. The molecule has 0 saturated carbocycles. The Labute approximate surface area is 156 Å². The highest BCUT2D eigenvalue weighted by Gasteiger charge is 2.14. The van der Waals surface area contributed by atoms with E-state index in [1.54, 1.807) is 37.2 Å². The Morgan fingerprint density at radius 3 is 2.85 bits per heavy atom. The van der Waals surface area contributed by atoms with Gasteiger partial charge in [-0.05, 0) is 30.7 Å². The predicted octanol–water partition coefficient (Wildman–Crippen LogP) is 1.47. The van der Waals surface area contributed by atoms with Crippen molar-refractivity contribution in [3.63, 3.8) is 0 Å². The first-order chi connectivity index (χ1) is 13.1.